The Kier molecular flexibility index (Phi) is 6.44. The molecule has 0 N–H and O–H groups in total. The second kappa shape index (κ2) is 6.94. The molecule has 1 heterocycles. The Balaban J connectivity index is 3.66. The third-order valence-corrected chi connectivity index (χ3v) is 15.6. The molecule has 0 saturated carbocycles. The van der Waals surface area contributed by atoms with Crippen LogP contribution in [0, 0.1) is 0 Å². The normalized spacial score (nSPS) is 23.3. The molecular formula is C15H19F13Te. The number of hydrogen-bond donors (Lipinski definition) is 0. The second-order valence-corrected chi connectivity index (χ2v) is 18.6. The maximum absolute atomic E-state index is 14.8. The summed E-state index contributed by atoms with van der Waals surface area (Å²) in [7, 11) is 0. The van der Waals surface area contributed by atoms with Gasteiger partial charge in [0.2, 0.25) is 0 Å². The van der Waals surface area contributed by atoms with Gasteiger partial charge in [-0.1, -0.05) is 0 Å². The van der Waals surface area contributed by atoms with E-state index in [4.69, 9.17) is 0 Å². The Morgan fingerprint density at radius 3 is 1.14 bits per heavy atom. The van der Waals surface area contributed by atoms with Gasteiger partial charge in [0.05, 0.1) is 0 Å². The number of hydrogen-bond acceptors (Lipinski definition) is 0. The molecule has 0 radical (unpaired) electrons. The summed E-state index contributed by atoms with van der Waals surface area (Å²) in [4.78, 5) is 0. The summed E-state index contributed by atoms with van der Waals surface area (Å²) in [6, 6.07) is 0. The standard InChI is InChI=1S/C15H19F13Te/c1-8(2)6-5-7-9(3,4)29(8)15(27,28)13(22,23)11(18,19)10(16,17)12(20,21)14(24,25)26/h29H,5-7H2,1-4H3. The molecule has 1 fully saturated rings. The molecule has 0 aliphatic carbocycles. The van der Waals surface area contributed by atoms with Gasteiger partial charge in [-0.05, 0) is 0 Å². The maximum atomic E-state index is 14.8. The van der Waals surface area contributed by atoms with Gasteiger partial charge in [0.1, 0.15) is 0 Å². The van der Waals surface area contributed by atoms with Crippen molar-refractivity contribution in [3.63, 3.8) is 0 Å². The zero-order valence-corrected chi connectivity index (χ0v) is 18.0. The molecule has 0 aromatic carbocycles. The molecule has 0 nitrogen and oxygen atoms in total. The van der Waals surface area contributed by atoms with Crippen LogP contribution in [0.2, 0.25) is 6.93 Å². The van der Waals surface area contributed by atoms with Crippen LogP contribution >= 0.6 is 0 Å². The molecule has 176 valence electrons. The van der Waals surface area contributed by atoms with Crippen molar-refractivity contribution < 1.29 is 57.1 Å². The summed E-state index contributed by atoms with van der Waals surface area (Å²) < 4.78 is 166. The van der Waals surface area contributed by atoms with Gasteiger partial charge in [0.25, 0.3) is 0 Å². The first-order chi connectivity index (χ1) is 12.3. The molecule has 1 aliphatic heterocycles. The molecule has 0 aromatic rings. The van der Waals surface area contributed by atoms with E-state index < -0.39 is 60.3 Å². The first kappa shape index (κ1) is 26.9. The first-order valence-electron chi connectivity index (χ1n) is 8.08. The molecule has 1 rings (SSSR count). The van der Waals surface area contributed by atoms with Crippen molar-refractivity contribution in [1.82, 2.24) is 0 Å². The third-order valence-electron chi connectivity index (χ3n) is 4.99. The number of rotatable bonds is 5. The summed E-state index contributed by atoms with van der Waals surface area (Å²) in [6.45, 7) is 4.23. The van der Waals surface area contributed by atoms with Crippen LogP contribution in [0.1, 0.15) is 47.0 Å². The van der Waals surface area contributed by atoms with Crippen molar-refractivity contribution in [3.8, 4) is 0 Å². The van der Waals surface area contributed by atoms with E-state index in [1.54, 1.807) is 0 Å². The van der Waals surface area contributed by atoms with E-state index in [0.717, 1.165) is 27.7 Å². The number of halogens is 13. The molecule has 0 spiro atoms. The Morgan fingerprint density at radius 2 is 0.828 bits per heavy atom. The Labute approximate surface area is 164 Å². The van der Waals surface area contributed by atoms with E-state index >= 15 is 0 Å². The second-order valence-electron chi connectivity index (χ2n) is 8.15. The predicted molar refractivity (Wildman–Crippen MR) is 79.9 cm³/mol. The van der Waals surface area contributed by atoms with Crippen molar-refractivity contribution in [1.29, 1.82) is 0 Å². The molecule has 1 saturated heterocycles. The SMILES string of the molecule is CC1(C)CCCC(C)(C)[TeH]1C(F)(F)C(F)(F)C(F)(F)C(F)(F)C(F)(F)C(F)(F)F. The summed E-state index contributed by atoms with van der Waals surface area (Å²) in [6.07, 6.45) is -7.41. The first-order valence-corrected chi connectivity index (χ1v) is 11.9. The Hall–Kier alpha value is -0.120. The van der Waals surface area contributed by atoms with Crippen molar-refractivity contribution >= 4 is 19.6 Å². The van der Waals surface area contributed by atoms with Gasteiger partial charge in [0.15, 0.2) is 0 Å². The van der Waals surface area contributed by atoms with Crippen LogP contribution in [-0.4, -0.2) is 53.4 Å². The molecule has 0 aromatic heterocycles. The monoisotopic (exact) mass is 576 g/mol. The molecule has 0 bridgehead atoms. The van der Waals surface area contributed by atoms with Crippen molar-refractivity contribution in [2.75, 3.05) is 0 Å². The van der Waals surface area contributed by atoms with E-state index in [1.165, 1.54) is 0 Å². The van der Waals surface area contributed by atoms with Crippen molar-refractivity contribution in [3.05, 3.63) is 0 Å². The van der Waals surface area contributed by atoms with Crippen LogP contribution in [0.25, 0.3) is 0 Å². The van der Waals surface area contributed by atoms with Gasteiger partial charge in [-0.3, -0.25) is 0 Å². The van der Waals surface area contributed by atoms with Crippen LogP contribution in [0.5, 0.6) is 0 Å². The molecule has 0 amide bonds. The van der Waals surface area contributed by atoms with Crippen LogP contribution in [0.3, 0.4) is 0 Å². The fourth-order valence-corrected chi connectivity index (χ4v) is 16.1. The Bertz CT molecular complexity index is 602. The van der Waals surface area contributed by atoms with E-state index in [-0.39, 0.29) is 19.3 Å². The molecule has 1 aliphatic rings. The van der Waals surface area contributed by atoms with Crippen molar-refractivity contribution in [2.24, 2.45) is 0 Å². The minimum atomic E-state index is -7.82. The predicted octanol–water partition coefficient (Wildman–Crippen LogP) is 7.24. The van der Waals surface area contributed by atoms with Gasteiger partial charge < -0.3 is 0 Å². The van der Waals surface area contributed by atoms with E-state index in [1.807, 2.05) is 0 Å². The van der Waals surface area contributed by atoms with Gasteiger partial charge >= 0.3 is 164 Å². The zero-order chi connectivity index (χ0) is 23.7. The number of alkyl halides is 13. The molecule has 0 atom stereocenters. The van der Waals surface area contributed by atoms with Gasteiger partial charge in [0, 0.05) is 0 Å². The topological polar surface area (TPSA) is 0 Å². The summed E-state index contributed by atoms with van der Waals surface area (Å²) >= 11 is -5.16. The summed E-state index contributed by atoms with van der Waals surface area (Å²) in [5.74, 6) is -30.3. The van der Waals surface area contributed by atoms with E-state index in [0.29, 0.717) is 0 Å². The van der Waals surface area contributed by atoms with Gasteiger partial charge in [-0.2, -0.15) is 0 Å². The van der Waals surface area contributed by atoms with Crippen LogP contribution < -0.4 is 0 Å². The fraction of sp³-hybridized carbons (Fsp3) is 1.00. The van der Waals surface area contributed by atoms with E-state index in [2.05, 4.69) is 0 Å². The van der Waals surface area contributed by atoms with Crippen LogP contribution in [0.4, 0.5) is 57.1 Å². The van der Waals surface area contributed by atoms with Crippen LogP contribution in [0.15, 0.2) is 0 Å². The fourth-order valence-electron chi connectivity index (χ4n) is 3.66. The average molecular weight is 574 g/mol. The third kappa shape index (κ3) is 3.72. The van der Waals surface area contributed by atoms with Crippen LogP contribution in [-0.2, 0) is 0 Å². The molecule has 0 unspecified atom stereocenters. The molecular weight excluding hydrogens is 555 g/mol. The van der Waals surface area contributed by atoms with Gasteiger partial charge in [-0.25, -0.2) is 0 Å². The minimum absolute atomic E-state index is 0.133. The van der Waals surface area contributed by atoms with Crippen molar-refractivity contribution in [2.45, 2.75) is 87.7 Å². The summed E-state index contributed by atoms with van der Waals surface area (Å²) in [5.41, 5.74) is 0. The molecule has 14 heteroatoms. The quantitative estimate of drug-likeness (QED) is 0.240. The summed E-state index contributed by atoms with van der Waals surface area (Å²) in [5, 5.41) is 0. The zero-order valence-electron chi connectivity index (χ0n) is 15.5. The Morgan fingerprint density at radius 1 is 0.517 bits per heavy atom. The van der Waals surface area contributed by atoms with Gasteiger partial charge in [-0.15, -0.1) is 0 Å². The average Bonchev–Trinajstić information content (AvgIpc) is 2.42. The molecule has 29 heavy (non-hydrogen) atoms. The van der Waals surface area contributed by atoms with E-state index in [9.17, 15) is 57.1 Å².